The van der Waals surface area contributed by atoms with Gasteiger partial charge in [0, 0.05) is 29.8 Å². The van der Waals surface area contributed by atoms with Crippen molar-refractivity contribution >= 4 is 23.2 Å². The highest BCUT2D eigenvalue weighted by Gasteiger charge is 2.21. The SMILES string of the molecule is CCCc1nc2c(C)cc(-c3nc(CC(C)C)c(C)n3CC(=O)O)cc2n1Cc1ccc(-c2ccccc2OC(=O)O)cc1. The minimum absolute atomic E-state index is 0.156. The van der Waals surface area contributed by atoms with Crippen LogP contribution in [0.4, 0.5) is 4.79 Å². The maximum Gasteiger partial charge on any atom is 0.511 e. The molecule has 0 amide bonds. The number of carbonyl (C=O) groups is 2. The molecular weight excluding hydrogens is 556 g/mol. The lowest BCUT2D eigenvalue weighted by atomic mass is 10.0. The molecule has 5 aromatic rings. The molecule has 228 valence electrons. The van der Waals surface area contributed by atoms with Crippen molar-refractivity contribution in [2.75, 3.05) is 0 Å². The number of carboxylic acid groups (broad SMARTS) is 2. The number of fused-ring (bicyclic) bond motifs is 1. The van der Waals surface area contributed by atoms with E-state index in [1.807, 2.05) is 50.2 Å². The zero-order valence-electron chi connectivity index (χ0n) is 25.8. The molecule has 44 heavy (non-hydrogen) atoms. The summed E-state index contributed by atoms with van der Waals surface area (Å²) in [6.45, 7) is 10.8. The first-order valence-electron chi connectivity index (χ1n) is 14.9. The van der Waals surface area contributed by atoms with Gasteiger partial charge < -0.3 is 24.1 Å². The van der Waals surface area contributed by atoms with Crippen LogP contribution < -0.4 is 4.74 Å². The number of hydrogen-bond donors (Lipinski definition) is 2. The van der Waals surface area contributed by atoms with Crippen LogP contribution in [0.2, 0.25) is 0 Å². The van der Waals surface area contributed by atoms with Gasteiger partial charge in [-0.25, -0.2) is 14.8 Å². The van der Waals surface area contributed by atoms with Gasteiger partial charge in [-0.2, -0.15) is 0 Å². The van der Waals surface area contributed by atoms with E-state index < -0.39 is 12.1 Å². The summed E-state index contributed by atoms with van der Waals surface area (Å²) in [5.74, 6) is 1.41. The van der Waals surface area contributed by atoms with E-state index in [0.717, 1.165) is 69.8 Å². The van der Waals surface area contributed by atoms with Gasteiger partial charge in [0.2, 0.25) is 0 Å². The molecular formula is C35H38N4O5. The van der Waals surface area contributed by atoms with Crippen molar-refractivity contribution in [2.24, 2.45) is 5.92 Å². The minimum atomic E-state index is -1.35. The summed E-state index contributed by atoms with van der Waals surface area (Å²) in [6.07, 6.45) is 1.17. The van der Waals surface area contributed by atoms with Crippen molar-refractivity contribution in [1.29, 1.82) is 0 Å². The van der Waals surface area contributed by atoms with Crippen LogP contribution >= 0.6 is 0 Å². The molecule has 3 aromatic carbocycles. The molecule has 0 radical (unpaired) electrons. The average molecular weight is 595 g/mol. The molecule has 9 heteroatoms. The predicted octanol–water partition coefficient (Wildman–Crippen LogP) is 7.52. The summed E-state index contributed by atoms with van der Waals surface area (Å²) >= 11 is 0. The summed E-state index contributed by atoms with van der Waals surface area (Å²) in [4.78, 5) is 33.0. The summed E-state index contributed by atoms with van der Waals surface area (Å²) in [5.41, 5.74) is 8.18. The van der Waals surface area contributed by atoms with E-state index in [0.29, 0.717) is 23.9 Å². The van der Waals surface area contributed by atoms with E-state index >= 15 is 0 Å². The van der Waals surface area contributed by atoms with Crippen LogP contribution in [0.1, 0.15) is 55.5 Å². The molecule has 2 N–H and O–H groups in total. The van der Waals surface area contributed by atoms with Crippen LogP contribution in [0.5, 0.6) is 5.75 Å². The number of aromatic nitrogens is 4. The van der Waals surface area contributed by atoms with Gasteiger partial charge in [0.05, 0.1) is 16.7 Å². The van der Waals surface area contributed by atoms with Gasteiger partial charge in [0.25, 0.3) is 0 Å². The number of aryl methyl sites for hydroxylation is 2. The second-order valence-electron chi connectivity index (χ2n) is 11.6. The lowest BCUT2D eigenvalue weighted by Crippen LogP contribution is -2.12. The third-order valence-electron chi connectivity index (χ3n) is 7.76. The predicted molar refractivity (Wildman–Crippen MR) is 170 cm³/mol. The Bertz CT molecular complexity index is 1830. The maximum absolute atomic E-state index is 11.8. The van der Waals surface area contributed by atoms with Crippen molar-refractivity contribution in [3.05, 3.63) is 89.0 Å². The molecule has 5 rings (SSSR count). The number of imidazole rings is 2. The Morgan fingerprint density at radius 1 is 0.932 bits per heavy atom. The highest BCUT2D eigenvalue weighted by molar-refractivity contribution is 5.85. The maximum atomic E-state index is 11.8. The second-order valence-corrected chi connectivity index (χ2v) is 11.6. The van der Waals surface area contributed by atoms with Crippen molar-refractivity contribution < 1.29 is 24.5 Å². The number of ether oxygens (including phenoxy) is 1. The molecule has 0 atom stereocenters. The average Bonchev–Trinajstić information content (AvgIpc) is 3.46. The number of para-hydroxylation sites is 1. The minimum Gasteiger partial charge on any atom is -0.480 e. The zero-order valence-corrected chi connectivity index (χ0v) is 25.8. The van der Waals surface area contributed by atoms with Gasteiger partial charge in [-0.1, -0.05) is 63.2 Å². The second kappa shape index (κ2) is 12.8. The number of hydrogen-bond acceptors (Lipinski definition) is 5. The Morgan fingerprint density at radius 3 is 2.32 bits per heavy atom. The Labute approximate surface area is 256 Å². The zero-order chi connectivity index (χ0) is 31.5. The topological polar surface area (TPSA) is 119 Å². The Hall–Kier alpha value is -4.92. The summed E-state index contributed by atoms with van der Waals surface area (Å²) < 4.78 is 9.03. The standard InChI is InChI=1S/C35H38N4O5/c1-6-9-31-37-33-22(4)17-26(34-36-28(16-21(2)3)23(5)38(34)20-32(40)41)18-29(33)39(31)19-24-12-14-25(15-13-24)27-10-7-8-11-30(27)44-35(42)43/h7-8,10-15,17-18,21H,6,9,16,19-20H2,1-5H3,(H,40,41)(H,42,43). The fraction of sp³-hybridized carbons (Fsp3) is 0.314. The van der Waals surface area contributed by atoms with Gasteiger partial charge in [0.1, 0.15) is 23.9 Å². The first-order valence-corrected chi connectivity index (χ1v) is 14.9. The third-order valence-corrected chi connectivity index (χ3v) is 7.76. The Morgan fingerprint density at radius 2 is 1.66 bits per heavy atom. The first-order chi connectivity index (χ1) is 21.0. The quantitative estimate of drug-likeness (QED) is 0.120. The van der Waals surface area contributed by atoms with E-state index in [4.69, 9.17) is 19.8 Å². The third kappa shape index (κ3) is 6.37. The Balaban J connectivity index is 1.57. The molecule has 0 saturated heterocycles. The number of carboxylic acids is 1. The molecule has 9 nitrogen and oxygen atoms in total. The first kappa shape index (κ1) is 30.5. The summed E-state index contributed by atoms with van der Waals surface area (Å²) in [7, 11) is 0. The molecule has 0 spiro atoms. The number of benzene rings is 3. The van der Waals surface area contributed by atoms with Crippen molar-refractivity contribution in [3.63, 3.8) is 0 Å². The number of aliphatic carboxylic acids is 1. The van der Waals surface area contributed by atoms with E-state index in [9.17, 15) is 14.7 Å². The van der Waals surface area contributed by atoms with Crippen molar-refractivity contribution in [3.8, 4) is 28.3 Å². The van der Waals surface area contributed by atoms with Gasteiger partial charge >= 0.3 is 12.1 Å². The molecule has 2 aromatic heterocycles. The highest BCUT2D eigenvalue weighted by atomic mass is 16.7. The van der Waals surface area contributed by atoms with Crippen LogP contribution in [-0.4, -0.2) is 41.4 Å². The van der Waals surface area contributed by atoms with Crippen LogP contribution in [0, 0.1) is 19.8 Å². The summed E-state index contributed by atoms with van der Waals surface area (Å²) in [5, 5.41) is 18.8. The molecule has 0 unspecified atom stereocenters. The van der Waals surface area contributed by atoms with Gasteiger partial charge in [-0.3, -0.25) is 4.79 Å². The van der Waals surface area contributed by atoms with Crippen LogP contribution in [0.3, 0.4) is 0 Å². The van der Waals surface area contributed by atoms with Gasteiger partial charge in [0.15, 0.2) is 0 Å². The molecule has 0 fully saturated rings. The van der Waals surface area contributed by atoms with Crippen LogP contribution in [0.25, 0.3) is 33.5 Å². The van der Waals surface area contributed by atoms with E-state index in [-0.39, 0.29) is 12.3 Å². The summed E-state index contributed by atoms with van der Waals surface area (Å²) in [6, 6.07) is 19.2. The molecule has 2 heterocycles. The molecule has 0 aliphatic heterocycles. The van der Waals surface area contributed by atoms with E-state index in [2.05, 4.69) is 37.5 Å². The monoisotopic (exact) mass is 594 g/mol. The largest absolute Gasteiger partial charge is 0.511 e. The molecule has 0 bridgehead atoms. The van der Waals surface area contributed by atoms with E-state index in [1.165, 1.54) is 0 Å². The van der Waals surface area contributed by atoms with Gasteiger partial charge in [-0.15, -0.1) is 0 Å². The molecule has 0 saturated carbocycles. The Kier molecular flexibility index (Phi) is 8.85. The number of nitrogens with zero attached hydrogens (tertiary/aromatic N) is 4. The van der Waals surface area contributed by atoms with E-state index in [1.54, 1.807) is 16.7 Å². The molecule has 0 aliphatic rings. The van der Waals surface area contributed by atoms with Crippen molar-refractivity contribution in [1.82, 2.24) is 19.1 Å². The smallest absolute Gasteiger partial charge is 0.480 e. The van der Waals surface area contributed by atoms with Crippen LogP contribution in [-0.2, 0) is 30.7 Å². The molecule has 0 aliphatic carbocycles. The van der Waals surface area contributed by atoms with Gasteiger partial charge in [-0.05, 0) is 67.5 Å². The fourth-order valence-corrected chi connectivity index (χ4v) is 5.73. The number of rotatable bonds is 11. The fourth-order valence-electron chi connectivity index (χ4n) is 5.73. The lowest BCUT2D eigenvalue weighted by molar-refractivity contribution is -0.137. The normalized spacial score (nSPS) is 11.4. The van der Waals surface area contributed by atoms with Crippen LogP contribution in [0.15, 0.2) is 60.7 Å². The highest BCUT2D eigenvalue weighted by Crippen LogP contribution is 2.33. The van der Waals surface area contributed by atoms with Crippen molar-refractivity contribution in [2.45, 2.75) is 67.0 Å². The lowest BCUT2D eigenvalue weighted by Gasteiger charge is -2.13.